The Morgan fingerprint density at radius 3 is 1.72 bits per heavy atom. The number of rotatable bonds is 0. The molecule has 0 radical (unpaired) electrons. The van der Waals surface area contributed by atoms with Crippen molar-refractivity contribution in [1.29, 1.82) is 0 Å². The molecule has 0 aromatic heterocycles. The van der Waals surface area contributed by atoms with Gasteiger partial charge in [-0.25, -0.2) is 6.07 Å². The van der Waals surface area contributed by atoms with Crippen LogP contribution < -0.4 is 24.8 Å². The first-order valence-electron chi connectivity index (χ1n) is 14.1. The van der Waals surface area contributed by atoms with Crippen LogP contribution in [-0.2, 0) is 46.9 Å². The molecule has 1 fully saturated rings. The average Bonchev–Trinajstić information content (AvgIpc) is 3.47. The van der Waals surface area contributed by atoms with Crippen LogP contribution in [0.1, 0.15) is 122 Å². The van der Waals surface area contributed by atoms with Crippen LogP contribution in [0.15, 0.2) is 54.6 Å². The molecule has 39 heavy (non-hydrogen) atoms. The topological polar surface area (TPSA) is 0 Å². The molecule has 0 amide bonds. The van der Waals surface area contributed by atoms with Crippen molar-refractivity contribution in [3.05, 3.63) is 88.5 Å². The van der Waals surface area contributed by atoms with Gasteiger partial charge >= 0.3 is 59.5 Å². The van der Waals surface area contributed by atoms with Gasteiger partial charge in [0.2, 0.25) is 0 Å². The number of halogens is 2. The molecular formula is C36H48Cl2Zr-2. The van der Waals surface area contributed by atoms with E-state index in [2.05, 4.69) is 123 Å². The minimum atomic E-state index is 0. The Morgan fingerprint density at radius 1 is 0.692 bits per heavy atom. The zero-order valence-electron chi connectivity index (χ0n) is 25.7. The zero-order chi connectivity index (χ0) is 27.4. The number of fused-ring (bicyclic) bond motifs is 3. The fraction of sp³-hybridized carbons (Fsp3) is 0.500. The molecule has 3 aromatic carbocycles. The van der Waals surface area contributed by atoms with E-state index in [0.29, 0.717) is 5.41 Å². The summed E-state index contributed by atoms with van der Waals surface area (Å²) in [7, 11) is 0. The van der Waals surface area contributed by atoms with E-state index in [1.807, 2.05) is 0 Å². The summed E-state index contributed by atoms with van der Waals surface area (Å²) in [5, 5.41) is 0. The predicted molar refractivity (Wildman–Crippen MR) is 160 cm³/mol. The summed E-state index contributed by atoms with van der Waals surface area (Å²) in [6.45, 7) is 20.3. The Morgan fingerprint density at radius 2 is 1.28 bits per heavy atom. The molecule has 3 aromatic rings. The van der Waals surface area contributed by atoms with Gasteiger partial charge in [0.1, 0.15) is 0 Å². The third kappa shape index (κ3) is 10.5. The fourth-order valence-electron chi connectivity index (χ4n) is 4.88. The molecule has 0 heterocycles. The van der Waals surface area contributed by atoms with Crippen molar-refractivity contribution in [2.45, 2.75) is 117 Å². The SMILES string of the molecule is CC(C)(C)c1[c-]c2c(cc1)-c1ccc(C(C)(C)C)cc1C2.CC(C)(C)c1cc[cH-]c1.[Cl-].[Cl-].[Zr+2]=[C]1CCCCC1. The van der Waals surface area contributed by atoms with E-state index in [1.54, 1.807) is 27.4 Å². The molecule has 0 aliphatic heterocycles. The Hall–Kier alpha value is -0.877. The molecule has 0 saturated heterocycles. The quantitative estimate of drug-likeness (QED) is 0.254. The third-order valence-corrected chi connectivity index (χ3v) is 8.68. The van der Waals surface area contributed by atoms with Gasteiger partial charge in [0.05, 0.1) is 0 Å². The van der Waals surface area contributed by atoms with Crippen molar-refractivity contribution in [2.75, 3.05) is 0 Å². The number of hydrogen-bond donors (Lipinski definition) is 0. The minimum absolute atomic E-state index is 0. The van der Waals surface area contributed by atoms with Gasteiger partial charge in [-0.15, -0.1) is 11.1 Å². The third-order valence-electron chi connectivity index (χ3n) is 7.45. The number of hydrogen-bond acceptors (Lipinski definition) is 0. The second-order valence-corrected chi connectivity index (χ2v) is 15.6. The molecule has 0 spiro atoms. The van der Waals surface area contributed by atoms with Gasteiger partial charge < -0.3 is 24.8 Å². The molecule has 2 aliphatic rings. The molecule has 0 atom stereocenters. The molecule has 1 saturated carbocycles. The first-order valence-corrected chi connectivity index (χ1v) is 15.4. The zero-order valence-corrected chi connectivity index (χ0v) is 29.7. The van der Waals surface area contributed by atoms with Crippen molar-refractivity contribution in [3.63, 3.8) is 0 Å². The van der Waals surface area contributed by atoms with Crippen molar-refractivity contribution in [3.8, 4) is 11.1 Å². The monoisotopic (exact) mass is 640 g/mol. The van der Waals surface area contributed by atoms with Crippen molar-refractivity contribution >= 4 is 3.21 Å². The van der Waals surface area contributed by atoms with Gasteiger partial charge in [0.15, 0.2) is 0 Å². The summed E-state index contributed by atoms with van der Waals surface area (Å²) in [6.07, 6.45) is 8.34. The predicted octanol–water partition coefficient (Wildman–Crippen LogP) is 4.03. The van der Waals surface area contributed by atoms with Gasteiger partial charge in [0.25, 0.3) is 0 Å². The van der Waals surface area contributed by atoms with Gasteiger partial charge in [-0.1, -0.05) is 91.5 Å². The Labute approximate surface area is 267 Å². The van der Waals surface area contributed by atoms with Crippen LogP contribution in [0, 0.1) is 6.07 Å². The number of benzene rings is 2. The summed E-state index contributed by atoms with van der Waals surface area (Å²) in [5.74, 6) is 0. The molecule has 212 valence electrons. The Kier molecular flexibility index (Phi) is 13.8. The van der Waals surface area contributed by atoms with Crippen LogP contribution in [-0.4, -0.2) is 3.21 Å². The molecule has 0 N–H and O–H groups in total. The molecular weight excluding hydrogens is 595 g/mol. The van der Waals surface area contributed by atoms with Crippen LogP contribution in [0.2, 0.25) is 0 Å². The van der Waals surface area contributed by atoms with E-state index in [9.17, 15) is 0 Å². The Bertz CT molecular complexity index is 1110. The summed E-state index contributed by atoms with van der Waals surface area (Å²) >= 11 is 1.69. The van der Waals surface area contributed by atoms with E-state index >= 15 is 0 Å². The summed E-state index contributed by atoms with van der Waals surface area (Å²) in [6, 6.07) is 23.7. The molecule has 3 heteroatoms. The first kappa shape index (κ1) is 36.1. The van der Waals surface area contributed by atoms with Crippen LogP contribution in [0.5, 0.6) is 0 Å². The average molecular weight is 643 g/mol. The fourth-order valence-corrected chi connectivity index (χ4v) is 5.75. The standard InChI is InChI=1S/C21H25.C9H13.C6H10.2ClH.Zr/c1-20(2,3)16-7-9-18-14(12-16)11-15-13-17(21(4,5)6)8-10-19(15)18;1-9(2,3)8-6-4-5-7-8;1-2-4-6-5-3-1;;;/h7-10,12H,11H2,1-6H3;4-7H,1-3H3;1-5H2;2*1H;/q2*-1;;;;+2/p-2. The van der Waals surface area contributed by atoms with Gasteiger partial charge in [-0.3, -0.25) is 0 Å². The maximum absolute atomic E-state index is 3.67. The molecule has 5 rings (SSSR count). The second kappa shape index (κ2) is 14.8. The Balaban J connectivity index is 0.000000350. The van der Waals surface area contributed by atoms with Crippen LogP contribution in [0.25, 0.3) is 11.1 Å². The van der Waals surface area contributed by atoms with Crippen LogP contribution >= 0.6 is 0 Å². The van der Waals surface area contributed by atoms with Gasteiger partial charge in [-0.05, 0) is 28.4 Å². The molecule has 2 aliphatic carbocycles. The normalized spacial score (nSPS) is 14.4. The van der Waals surface area contributed by atoms with Crippen molar-refractivity contribution in [1.82, 2.24) is 0 Å². The van der Waals surface area contributed by atoms with Gasteiger partial charge in [0, 0.05) is 0 Å². The van der Waals surface area contributed by atoms with E-state index < -0.39 is 0 Å². The second-order valence-electron chi connectivity index (χ2n) is 13.9. The van der Waals surface area contributed by atoms with Crippen LogP contribution in [0.3, 0.4) is 0 Å². The molecule has 0 nitrogen and oxygen atoms in total. The van der Waals surface area contributed by atoms with E-state index in [-0.39, 0.29) is 35.6 Å². The first-order chi connectivity index (χ1) is 17.2. The van der Waals surface area contributed by atoms with Crippen LogP contribution in [0.4, 0.5) is 0 Å². The molecule has 0 bridgehead atoms. The van der Waals surface area contributed by atoms with Crippen molar-refractivity contribution in [2.24, 2.45) is 0 Å². The van der Waals surface area contributed by atoms with Crippen molar-refractivity contribution < 1.29 is 49.0 Å². The van der Waals surface area contributed by atoms with E-state index in [4.69, 9.17) is 0 Å². The van der Waals surface area contributed by atoms with E-state index in [1.165, 1.54) is 71.0 Å². The summed E-state index contributed by atoms with van der Waals surface area (Å²) < 4.78 is 1.80. The summed E-state index contributed by atoms with van der Waals surface area (Å²) in [5.41, 5.74) is 10.4. The van der Waals surface area contributed by atoms with E-state index in [0.717, 1.165) is 6.42 Å². The summed E-state index contributed by atoms with van der Waals surface area (Å²) in [4.78, 5) is 0. The maximum atomic E-state index is 3.67. The molecule has 0 unspecified atom stereocenters. The van der Waals surface area contributed by atoms with Gasteiger partial charge in [-0.2, -0.15) is 47.5 Å².